The molecule has 0 radical (unpaired) electrons. The number of anilines is 1. The van der Waals surface area contributed by atoms with Gasteiger partial charge in [0, 0.05) is 28.2 Å². The Labute approximate surface area is 118 Å². The number of aryl methyl sites for hydroxylation is 1. The predicted octanol–water partition coefficient (Wildman–Crippen LogP) is 4.37. The summed E-state index contributed by atoms with van der Waals surface area (Å²) in [4.78, 5) is 0. The van der Waals surface area contributed by atoms with Crippen LogP contribution in [0.5, 0.6) is 0 Å². The van der Waals surface area contributed by atoms with Crippen molar-refractivity contribution in [3.8, 4) is 0 Å². The molecule has 0 bridgehead atoms. The van der Waals surface area contributed by atoms with Gasteiger partial charge in [0.15, 0.2) is 0 Å². The summed E-state index contributed by atoms with van der Waals surface area (Å²) in [6.45, 7) is 9.52. The van der Waals surface area contributed by atoms with Gasteiger partial charge in [-0.25, -0.2) is 0 Å². The lowest BCUT2D eigenvalue weighted by Crippen LogP contribution is -2.58. The average molecular weight is 312 g/mol. The van der Waals surface area contributed by atoms with Crippen LogP contribution in [0.15, 0.2) is 22.7 Å². The monoisotopic (exact) mass is 311 g/mol. The van der Waals surface area contributed by atoms with E-state index in [2.05, 4.69) is 67.1 Å². The number of benzene rings is 1. The Balaban J connectivity index is 2.01. The van der Waals surface area contributed by atoms with Crippen molar-refractivity contribution >= 4 is 21.6 Å². The van der Waals surface area contributed by atoms with E-state index in [0.29, 0.717) is 12.1 Å². The highest BCUT2D eigenvalue weighted by molar-refractivity contribution is 9.10. The van der Waals surface area contributed by atoms with E-state index in [1.807, 2.05) is 0 Å². The zero-order valence-electron chi connectivity index (χ0n) is 11.6. The van der Waals surface area contributed by atoms with Crippen molar-refractivity contribution in [2.75, 3.05) is 11.9 Å². The SMILES string of the molecule is CCOC1CC(Nc2ccc(C)c(Br)c2)C1(C)C. The minimum atomic E-state index is 0.202. The van der Waals surface area contributed by atoms with Gasteiger partial charge in [-0.2, -0.15) is 0 Å². The molecule has 2 rings (SSSR count). The second kappa shape index (κ2) is 5.22. The summed E-state index contributed by atoms with van der Waals surface area (Å²) < 4.78 is 6.91. The Morgan fingerprint density at radius 1 is 1.44 bits per heavy atom. The highest BCUT2D eigenvalue weighted by Crippen LogP contribution is 2.44. The van der Waals surface area contributed by atoms with Gasteiger partial charge in [-0.15, -0.1) is 0 Å². The van der Waals surface area contributed by atoms with Gasteiger partial charge in [0.25, 0.3) is 0 Å². The highest BCUT2D eigenvalue weighted by atomic mass is 79.9. The van der Waals surface area contributed by atoms with Crippen LogP contribution in [0.2, 0.25) is 0 Å². The second-order valence-electron chi connectivity index (χ2n) is 5.66. The minimum Gasteiger partial charge on any atom is -0.382 e. The van der Waals surface area contributed by atoms with Gasteiger partial charge in [-0.05, 0) is 38.0 Å². The molecule has 2 nitrogen and oxygen atoms in total. The maximum absolute atomic E-state index is 5.75. The molecule has 2 atom stereocenters. The Morgan fingerprint density at radius 3 is 2.72 bits per heavy atom. The summed E-state index contributed by atoms with van der Waals surface area (Å²) >= 11 is 3.58. The number of halogens is 1. The maximum atomic E-state index is 5.75. The van der Waals surface area contributed by atoms with Gasteiger partial charge in [-0.1, -0.05) is 35.8 Å². The van der Waals surface area contributed by atoms with Crippen LogP contribution in [-0.4, -0.2) is 18.8 Å². The lowest BCUT2D eigenvalue weighted by atomic mass is 9.64. The zero-order chi connectivity index (χ0) is 13.3. The van der Waals surface area contributed by atoms with E-state index >= 15 is 0 Å². The van der Waals surface area contributed by atoms with Crippen molar-refractivity contribution < 1.29 is 4.74 Å². The molecule has 0 spiro atoms. The molecule has 0 aromatic heterocycles. The molecule has 0 saturated heterocycles. The topological polar surface area (TPSA) is 21.3 Å². The van der Waals surface area contributed by atoms with Crippen molar-refractivity contribution in [1.82, 2.24) is 0 Å². The Bertz CT molecular complexity index is 431. The Morgan fingerprint density at radius 2 is 2.17 bits per heavy atom. The Kier molecular flexibility index (Phi) is 4.02. The molecule has 0 amide bonds. The normalized spacial score (nSPS) is 25.6. The molecule has 1 N–H and O–H groups in total. The lowest BCUT2D eigenvalue weighted by Gasteiger charge is -2.52. The van der Waals surface area contributed by atoms with Gasteiger partial charge in [0.2, 0.25) is 0 Å². The summed E-state index contributed by atoms with van der Waals surface area (Å²) in [6, 6.07) is 6.92. The summed E-state index contributed by atoms with van der Waals surface area (Å²) in [7, 11) is 0. The third-order valence-electron chi connectivity index (χ3n) is 4.06. The van der Waals surface area contributed by atoms with Gasteiger partial charge in [0.05, 0.1) is 6.10 Å². The molecule has 1 aromatic carbocycles. The Hall–Kier alpha value is -0.540. The molecular weight excluding hydrogens is 290 g/mol. The number of rotatable bonds is 4. The molecule has 2 unspecified atom stereocenters. The first-order valence-corrected chi connectivity index (χ1v) is 7.38. The molecule has 1 aliphatic rings. The molecule has 0 aliphatic heterocycles. The fraction of sp³-hybridized carbons (Fsp3) is 0.600. The highest BCUT2D eigenvalue weighted by Gasteiger charge is 2.48. The first-order chi connectivity index (χ1) is 8.45. The van der Waals surface area contributed by atoms with Crippen LogP contribution in [0.25, 0.3) is 0 Å². The molecule has 1 fully saturated rings. The van der Waals surface area contributed by atoms with Gasteiger partial charge in [-0.3, -0.25) is 0 Å². The fourth-order valence-electron chi connectivity index (χ4n) is 2.50. The number of hydrogen-bond acceptors (Lipinski definition) is 2. The lowest BCUT2D eigenvalue weighted by molar-refractivity contribution is -0.0975. The van der Waals surface area contributed by atoms with Crippen molar-refractivity contribution in [2.45, 2.75) is 46.3 Å². The van der Waals surface area contributed by atoms with Crippen LogP contribution < -0.4 is 5.32 Å². The summed E-state index contributed by atoms with van der Waals surface area (Å²) in [5.41, 5.74) is 2.65. The van der Waals surface area contributed by atoms with E-state index in [4.69, 9.17) is 4.74 Å². The largest absolute Gasteiger partial charge is 0.382 e. The zero-order valence-corrected chi connectivity index (χ0v) is 13.2. The van der Waals surface area contributed by atoms with E-state index in [1.54, 1.807) is 0 Å². The van der Waals surface area contributed by atoms with Gasteiger partial charge in [0.1, 0.15) is 0 Å². The average Bonchev–Trinajstić information content (AvgIpc) is 2.32. The van der Waals surface area contributed by atoms with Crippen LogP contribution in [0.4, 0.5) is 5.69 Å². The molecule has 1 saturated carbocycles. The van der Waals surface area contributed by atoms with E-state index < -0.39 is 0 Å². The van der Waals surface area contributed by atoms with E-state index in [0.717, 1.165) is 17.5 Å². The van der Waals surface area contributed by atoms with E-state index in [1.165, 1.54) is 11.3 Å². The smallest absolute Gasteiger partial charge is 0.0665 e. The summed E-state index contributed by atoms with van der Waals surface area (Å²) in [5.74, 6) is 0. The first kappa shape index (κ1) is 13.9. The predicted molar refractivity (Wildman–Crippen MR) is 80.1 cm³/mol. The molecule has 0 heterocycles. The molecule has 3 heteroatoms. The number of nitrogens with one attached hydrogen (secondary N) is 1. The standard InChI is InChI=1S/C15H22BrNO/c1-5-18-14-9-13(15(14,3)4)17-11-7-6-10(2)12(16)8-11/h6-8,13-14,17H,5,9H2,1-4H3. The maximum Gasteiger partial charge on any atom is 0.0665 e. The number of ether oxygens (including phenoxy) is 1. The van der Waals surface area contributed by atoms with Crippen LogP contribution in [-0.2, 0) is 4.74 Å². The molecule has 1 aromatic rings. The van der Waals surface area contributed by atoms with E-state index in [9.17, 15) is 0 Å². The summed E-state index contributed by atoms with van der Waals surface area (Å²) in [6.07, 6.45) is 1.47. The third-order valence-corrected chi connectivity index (χ3v) is 4.91. The van der Waals surface area contributed by atoms with Crippen molar-refractivity contribution in [3.05, 3.63) is 28.2 Å². The first-order valence-electron chi connectivity index (χ1n) is 6.59. The molecule has 100 valence electrons. The second-order valence-corrected chi connectivity index (χ2v) is 6.52. The van der Waals surface area contributed by atoms with E-state index in [-0.39, 0.29) is 5.41 Å². The van der Waals surface area contributed by atoms with Crippen LogP contribution in [0.3, 0.4) is 0 Å². The van der Waals surface area contributed by atoms with Gasteiger partial charge >= 0.3 is 0 Å². The minimum absolute atomic E-state index is 0.202. The van der Waals surface area contributed by atoms with Crippen molar-refractivity contribution in [3.63, 3.8) is 0 Å². The van der Waals surface area contributed by atoms with Crippen LogP contribution in [0, 0.1) is 12.3 Å². The molecule has 1 aliphatic carbocycles. The van der Waals surface area contributed by atoms with Crippen molar-refractivity contribution in [1.29, 1.82) is 0 Å². The number of hydrogen-bond donors (Lipinski definition) is 1. The van der Waals surface area contributed by atoms with Crippen LogP contribution in [0.1, 0.15) is 32.8 Å². The quantitative estimate of drug-likeness (QED) is 0.891. The van der Waals surface area contributed by atoms with Gasteiger partial charge < -0.3 is 10.1 Å². The third kappa shape index (κ3) is 2.57. The molecule has 18 heavy (non-hydrogen) atoms. The molecular formula is C15H22BrNO. The summed E-state index contributed by atoms with van der Waals surface area (Å²) in [5, 5.41) is 3.62. The fourth-order valence-corrected chi connectivity index (χ4v) is 2.88. The van der Waals surface area contributed by atoms with Crippen molar-refractivity contribution in [2.24, 2.45) is 5.41 Å². The van der Waals surface area contributed by atoms with Crippen LogP contribution >= 0.6 is 15.9 Å².